The summed E-state index contributed by atoms with van der Waals surface area (Å²) in [5, 5.41) is 12.2. The van der Waals surface area contributed by atoms with Crippen LogP contribution in [0.3, 0.4) is 0 Å². The molecule has 0 bridgehead atoms. The first-order valence-electron chi connectivity index (χ1n) is 23.8. The van der Waals surface area contributed by atoms with Gasteiger partial charge in [0.2, 0.25) is 0 Å². The van der Waals surface area contributed by atoms with Crippen molar-refractivity contribution in [3.8, 4) is 0 Å². The van der Waals surface area contributed by atoms with Gasteiger partial charge in [-0.2, -0.15) is 0 Å². The van der Waals surface area contributed by atoms with Crippen LogP contribution in [0.2, 0.25) is 0 Å². The number of aliphatic hydroxyl groups is 1. The summed E-state index contributed by atoms with van der Waals surface area (Å²) in [6, 6.07) is 0. The zero-order valence-electron chi connectivity index (χ0n) is 39.3. The highest BCUT2D eigenvalue weighted by Gasteiger charge is 2.41. The number of rotatable bonds is 40. The molecule has 0 aromatic carbocycles. The van der Waals surface area contributed by atoms with Crippen LogP contribution >= 0.6 is 7.60 Å². The quantitative estimate of drug-likeness (QED) is 0.0380. The molecular formula is C50H98NO4P. The lowest BCUT2D eigenvalue weighted by molar-refractivity contribution is -0.0299. The van der Waals surface area contributed by atoms with Gasteiger partial charge in [0.15, 0.2) is 0 Å². The third-order valence-corrected chi connectivity index (χ3v) is 14.3. The molecule has 0 spiro atoms. The molecule has 0 amide bonds. The maximum atomic E-state index is 12.2. The molecule has 0 saturated carbocycles. The van der Waals surface area contributed by atoms with Gasteiger partial charge in [-0.1, -0.05) is 174 Å². The maximum Gasteiger partial charge on any atom is 0.327 e. The summed E-state index contributed by atoms with van der Waals surface area (Å²) in [4.78, 5) is 2.31. The van der Waals surface area contributed by atoms with Crippen molar-refractivity contribution in [1.29, 1.82) is 0 Å². The summed E-state index contributed by atoms with van der Waals surface area (Å²) in [6.45, 7) is 18.8. The molecule has 6 heteroatoms. The Morgan fingerprint density at radius 2 is 1.11 bits per heavy atom. The molecule has 0 aliphatic heterocycles. The predicted molar refractivity (Wildman–Crippen MR) is 249 cm³/mol. The van der Waals surface area contributed by atoms with Gasteiger partial charge in [0.05, 0.1) is 12.2 Å². The Morgan fingerprint density at radius 1 is 0.643 bits per heavy atom. The zero-order chi connectivity index (χ0) is 42.0. The molecule has 3 atom stereocenters. The van der Waals surface area contributed by atoms with Gasteiger partial charge in [-0.25, -0.2) is 0 Å². The topological polar surface area (TPSA) is 59.0 Å². The lowest BCUT2D eigenvalue weighted by atomic mass is 9.68. The predicted octanol–water partition coefficient (Wildman–Crippen LogP) is 16.2. The van der Waals surface area contributed by atoms with Crippen molar-refractivity contribution in [2.45, 2.75) is 239 Å². The number of allylic oxidation sites excluding steroid dienone is 6. The van der Waals surface area contributed by atoms with E-state index in [0.717, 1.165) is 50.9 Å². The molecule has 3 unspecified atom stereocenters. The summed E-state index contributed by atoms with van der Waals surface area (Å²) in [7, 11) is 0.572. The fraction of sp³-hybridized carbons (Fsp3) is 0.880. The fourth-order valence-electron chi connectivity index (χ4n) is 7.59. The second-order valence-corrected chi connectivity index (χ2v) is 20.8. The average Bonchev–Trinajstić information content (AvgIpc) is 3.16. The molecule has 0 rings (SSSR count). The van der Waals surface area contributed by atoms with Crippen LogP contribution in [0.4, 0.5) is 0 Å². The highest BCUT2D eigenvalue weighted by Crippen LogP contribution is 2.44. The monoisotopic (exact) mass is 808 g/mol. The molecule has 0 fully saturated rings. The first-order chi connectivity index (χ1) is 26.7. The first kappa shape index (κ1) is 55.3. The minimum absolute atomic E-state index is 0.0339. The Kier molecular flexibility index (Phi) is 33.6. The van der Waals surface area contributed by atoms with Crippen molar-refractivity contribution in [3.63, 3.8) is 0 Å². The van der Waals surface area contributed by atoms with Crippen LogP contribution < -0.4 is 0 Å². The molecular weight excluding hydrogens is 710 g/mol. The van der Waals surface area contributed by atoms with E-state index in [9.17, 15) is 9.67 Å². The lowest BCUT2D eigenvalue weighted by Gasteiger charge is -2.49. The summed E-state index contributed by atoms with van der Waals surface area (Å²) < 4.78 is 22.8. The normalized spacial score (nSPS) is 15.8. The summed E-state index contributed by atoms with van der Waals surface area (Å²) >= 11 is 0. The van der Waals surface area contributed by atoms with E-state index >= 15 is 0 Å². The molecule has 332 valence electrons. The van der Waals surface area contributed by atoms with E-state index in [1.54, 1.807) is 0 Å². The minimum Gasteiger partial charge on any atom is -0.390 e. The van der Waals surface area contributed by atoms with Crippen LogP contribution in [0.25, 0.3) is 0 Å². The van der Waals surface area contributed by atoms with E-state index in [1.807, 2.05) is 0 Å². The molecule has 0 aliphatic rings. The molecule has 0 heterocycles. The molecule has 5 nitrogen and oxygen atoms in total. The van der Waals surface area contributed by atoms with E-state index in [1.165, 1.54) is 149 Å². The number of hydrogen-bond acceptors (Lipinski definition) is 5. The number of hydrogen-bond donors (Lipinski definition) is 1. The van der Waals surface area contributed by atoms with Crippen LogP contribution in [0, 0.1) is 11.3 Å². The molecule has 1 N–H and O–H groups in total. The van der Waals surface area contributed by atoms with Gasteiger partial charge in [-0.05, 0) is 109 Å². The van der Waals surface area contributed by atoms with Crippen LogP contribution in [-0.4, -0.2) is 55.1 Å². The van der Waals surface area contributed by atoms with Gasteiger partial charge in [0.25, 0.3) is 0 Å². The summed E-state index contributed by atoms with van der Waals surface area (Å²) in [5.74, 6) is 0.820. The smallest absolute Gasteiger partial charge is 0.327 e. The maximum absolute atomic E-state index is 12.2. The third-order valence-electron chi connectivity index (χ3n) is 13.0. The van der Waals surface area contributed by atoms with Crippen molar-refractivity contribution in [3.05, 3.63) is 36.5 Å². The SMILES string of the molecule is CCCCC/C=C\C/C=C\CCCCCCCCC(O)(CCCCCCCC/C=C\CC(C)CCCCC)CCC(C)(C)C(C)(C)N(C)CCOP(C)(=O)OC. The van der Waals surface area contributed by atoms with Crippen LogP contribution in [-0.2, 0) is 13.6 Å². The first-order valence-corrected chi connectivity index (χ1v) is 25.8. The Balaban J connectivity index is 4.83. The van der Waals surface area contributed by atoms with E-state index < -0.39 is 13.2 Å². The van der Waals surface area contributed by atoms with Crippen molar-refractivity contribution in [1.82, 2.24) is 4.90 Å². The Hall–Kier alpha value is -0.710. The van der Waals surface area contributed by atoms with E-state index in [2.05, 4.69) is 96.9 Å². The molecule has 0 aliphatic carbocycles. The van der Waals surface area contributed by atoms with Crippen LogP contribution in [0.5, 0.6) is 0 Å². The van der Waals surface area contributed by atoms with Crippen molar-refractivity contribution in [2.24, 2.45) is 11.3 Å². The summed E-state index contributed by atoms with van der Waals surface area (Å²) in [5.41, 5.74) is -0.770. The van der Waals surface area contributed by atoms with Gasteiger partial charge in [0.1, 0.15) is 0 Å². The molecule has 0 saturated heterocycles. The van der Waals surface area contributed by atoms with E-state index in [-0.39, 0.29) is 11.0 Å². The average molecular weight is 808 g/mol. The van der Waals surface area contributed by atoms with Gasteiger partial charge < -0.3 is 14.2 Å². The number of likely N-dealkylation sites (N-methyl/N-ethyl adjacent to an activating group) is 1. The van der Waals surface area contributed by atoms with Gasteiger partial charge in [0, 0.05) is 25.9 Å². The molecule has 0 aromatic rings. The second kappa shape index (κ2) is 34.0. The summed E-state index contributed by atoms with van der Waals surface area (Å²) in [6.07, 6.45) is 48.2. The zero-order valence-corrected chi connectivity index (χ0v) is 40.2. The number of nitrogens with zero attached hydrogens (tertiary/aromatic N) is 1. The van der Waals surface area contributed by atoms with Crippen LogP contribution in [0.15, 0.2) is 36.5 Å². The largest absolute Gasteiger partial charge is 0.390 e. The fourth-order valence-corrected chi connectivity index (χ4v) is 8.11. The van der Waals surface area contributed by atoms with Gasteiger partial charge in [-0.3, -0.25) is 9.46 Å². The van der Waals surface area contributed by atoms with E-state index in [4.69, 9.17) is 9.05 Å². The Labute approximate surface area is 351 Å². The highest BCUT2D eigenvalue weighted by molar-refractivity contribution is 7.52. The second-order valence-electron chi connectivity index (χ2n) is 18.7. The van der Waals surface area contributed by atoms with Gasteiger partial charge >= 0.3 is 7.60 Å². The number of unbranched alkanes of at least 4 members (excludes halogenated alkanes) is 17. The highest BCUT2D eigenvalue weighted by atomic mass is 31.2. The molecule has 0 aromatic heterocycles. The van der Waals surface area contributed by atoms with Crippen molar-refractivity contribution in [2.75, 3.05) is 34.0 Å². The third kappa shape index (κ3) is 29.5. The molecule has 56 heavy (non-hydrogen) atoms. The lowest BCUT2D eigenvalue weighted by Crippen LogP contribution is -2.53. The standard InChI is InChI=1S/C50H98NO4P/c1-11-13-15-16-17-18-19-20-21-22-23-24-27-30-33-37-41-50(52,42-38-34-31-28-25-26-29-32-36-40-47(3)39-35-14-12-2)44-43-48(4,5)49(6,7)51(8)45-46-55-56(10,53)54-9/h17-18,20-21,32,36,47,52H,11-16,19,22-31,33-35,37-46H2,1-10H3/b18-17-,21-20-,36-32-. The van der Waals surface area contributed by atoms with Crippen molar-refractivity contribution < 1.29 is 18.7 Å². The van der Waals surface area contributed by atoms with Gasteiger partial charge in [-0.15, -0.1) is 0 Å². The van der Waals surface area contributed by atoms with Crippen molar-refractivity contribution >= 4 is 7.60 Å². The van der Waals surface area contributed by atoms with Crippen LogP contribution in [0.1, 0.15) is 228 Å². The minimum atomic E-state index is -2.99. The Morgan fingerprint density at radius 3 is 1.62 bits per heavy atom. The molecule has 0 radical (unpaired) electrons. The van der Waals surface area contributed by atoms with E-state index in [0.29, 0.717) is 13.2 Å². The Bertz CT molecular complexity index is 1040.